The van der Waals surface area contributed by atoms with Crippen LogP contribution in [0.4, 0.5) is 4.79 Å². The highest BCUT2D eigenvalue weighted by Gasteiger charge is 2.26. The summed E-state index contributed by atoms with van der Waals surface area (Å²) < 4.78 is 5.94. The molecule has 3 rings (SSSR count). The van der Waals surface area contributed by atoms with E-state index in [2.05, 4.69) is 22.1 Å². The predicted molar refractivity (Wildman–Crippen MR) is 93.1 cm³/mol. The fourth-order valence-electron chi connectivity index (χ4n) is 3.50. The molecule has 6 heteroatoms. The number of rotatable bonds is 5. The van der Waals surface area contributed by atoms with Gasteiger partial charge in [0.1, 0.15) is 11.9 Å². The molecule has 2 aliphatic rings. The molecule has 6 nitrogen and oxygen atoms in total. The third kappa shape index (κ3) is 4.60. The number of ether oxygens (including phenoxy) is 1. The standard InChI is InChI=1S/C18H28N4O2/c1-2-21-10-5-15(14-21)13-20-18(23)22-11-6-17(7-12-22)24-16-3-8-19-9-4-16/h3-4,8-9,15,17H,2,5-7,10-14H2,1H3,(H,20,23)/t15-/m0/s1. The van der Waals surface area contributed by atoms with E-state index < -0.39 is 0 Å². The average Bonchev–Trinajstić information content (AvgIpc) is 3.09. The van der Waals surface area contributed by atoms with Gasteiger partial charge in [0.05, 0.1) is 0 Å². The van der Waals surface area contributed by atoms with E-state index in [4.69, 9.17) is 4.74 Å². The Labute approximate surface area is 144 Å². The summed E-state index contributed by atoms with van der Waals surface area (Å²) in [5, 5.41) is 3.11. The third-order valence-corrected chi connectivity index (χ3v) is 5.04. The molecule has 3 heterocycles. The smallest absolute Gasteiger partial charge is 0.317 e. The normalized spacial score (nSPS) is 22.5. The fraction of sp³-hybridized carbons (Fsp3) is 0.667. The molecule has 0 saturated carbocycles. The highest BCUT2D eigenvalue weighted by molar-refractivity contribution is 5.74. The van der Waals surface area contributed by atoms with Crippen LogP contribution in [-0.4, -0.2) is 66.2 Å². The number of carbonyl (C=O) groups excluding carboxylic acids is 1. The number of pyridine rings is 1. The van der Waals surface area contributed by atoms with Crippen LogP contribution < -0.4 is 10.1 Å². The van der Waals surface area contributed by atoms with Gasteiger partial charge in [-0.25, -0.2) is 4.79 Å². The van der Waals surface area contributed by atoms with Gasteiger partial charge in [0.25, 0.3) is 0 Å². The maximum absolute atomic E-state index is 12.3. The lowest BCUT2D eigenvalue weighted by atomic mass is 10.1. The molecule has 0 bridgehead atoms. The fourth-order valence-corrected chi connectivity index (χ4v) is 3.50. The minimum Gasteiger partial charge on any atom is -0.490 e. The molecule has 0 radical (unpaired) electrons. The lowest BCUT2D eigenvalue weighted by Crippen LogP contribution is -2.47. The Morgan fingerprint density at radius 3 is 2.67 bits per heavy atom. The molecule has 1 aromatic heterocycles. The quantitative estimate of drug-likeness (QED) is 0.896. The molecule has 132 valence electrons. The second-order valence-electron chi connectivity index (χ2n) is 6.72. The van der Waals surface area contributed by atoms with Crippen LogP contribution in [0, 0.1) is 5.92 Å². The van der Waals surface area contributed by atoms with Gasteiger partial charge in [0.2, 0.25) is 0 Å². The van der Waals surface area contributed by atoms with Crippen molar-refractivity contribution in [2.24, 2.45) is 5.92 Å². The van der Waals surface area contributed by atoms with Crippen molar-refractivity contribution >= 4 is 6.03 Å². The highest BCUT2D eigenvalue weighted by atomic mass is 16.5. The van der Waals surface area contributed by atoms with Crippen LogP contribution in [0.1, 0.15) is 26.2 Å². The summed E-state index contributed by atoms with van der Waals surface area (Å²) in [6, 6.07) is 3.83. The largest absolute Gasteiger partial charge is 0.490 e. The molecular weight excluding hydrogens is 304 g/mol. The van der Waals surface area contributed by atoms with E-state index in [0.29, 0.717) is 5.92 Å². The Morgan fingerprint density at radius 1 is 1.25 bits per heavy atom. The van der Waals surface area contributed by atoms with Crippen LogP contribution in [0.25, 0.3) is 0 Å². The molecule has 0 aliphatic carbocycles. The predicted octanol–water partition coefficient (Wildman–Crippen LogP) is 1.98. The number of nitrogens with zero attached hydrogens (tertiary/aromatic N) is 3. The summed E-state index contributed by atoms with van der Waals surface area (Å²) in [5.74, 6) is 1.45. The number of urea groups is 1. The van der Waals surface area contributed by atoms with E-state index in [1.54, 1.807) is 12.4 Å². The molecule has 2 aliphatic heterocycles. The summed E-state index contributed by atoms with van der Waals surface area (Å²) in [4.78, 5) is 20.7. The topological polar surface area (TPSA) is 57.7 Å². The van der Waals surface area contributed by atoms with Crippen molar-refractivity contribution in [3.8, 4) is 5.75 Å². The zero-order chi connectivity index (χ0) is 16.8. The van der Waals surface area contributed by atoms with E-state index in [1.165, 1.54) is 6.42 Å². The van der Waals surface area contributed by atoms with E-state index >= 15 is 0 Å². The number of aromatic nitrogens is 1. The molecule has 1 N–H and O–H groups in total. The Balaban J connectivity index is 1.36. The second-order valence-corrected chi connectivity index (χ2v) is 6.72. The first-order chi connectivity index (χ1) is 11.7. The maximum atomic E-state index is 12.3. The first kappa shape index (κ1) is 17.0. The summed E-state index contributed by atoms with van der Waals surface area (Å²) in [7, 11) is 0. The number of nitrogens with one attached hydrogen (secondary N) is 1. The van der Waals surface area contributed by atoms with Gasteiger partial charge >= 0.3 is 6.03 Å². The number of likely N-dealkylation sites (tertiary alicyclic amines) is 2. The van der Waals surface area contributed by atoms with Crippen LogP contribution in [0.3, 0.4) is 0 Å². The first-order valence-electron chi connectivity index (χ1n) is 9.06. The number of hydrogen-bond acceptors (Lipinski definition) is 4. The zero-order valence-corrected chi connectivity index (χ0v) is 14.5. The molecule has 2 saturated heterocycles. The van der Waals surface area contributed by atoms with Crippen LogP contribution in [0.2, 0.25) is 0 Å². The summed E-state index contributed by atoms with van der Waals surface area (Å²) in [6.45, 7) is 7.88. The van der Waals surface area contributed by atoms with Gasteiger partial charge in [0.15, 0.2) is 0 Å². The molecule has 1 aromatic rings. The van der Waals surface area contributed by atoms with Crippen LogP contribution >= 0.6 is 0 Å². The van der Waals surface area contributed by atoms with Crippen molar-refractivity contribution in [1.29, 1.82) is 0 Å². The van der Waals surface area contributed by atoms with Crippen molar-refractivity contribution in [1.82, 2.24) is 20.1 Å². The monoisotopic (exact) mass is 332 g/mol. The Bertz CT molecular complexity index is 517. The third-order valence-electron chi connectivity index (χ3n) is 5.04. The van der Waals surface area contributed by atoms with Gasteiger partial charge in [-0.1, -0.05) is 6.92 Å². The van der Waals surface area contributed by atoms with E-state index in [0.717, 1.165) is 57.9 Å². The van der Waals surface area contributed by atoms with Gasteiger partial charge in [0, 0.05) is 51.4 Å². The van der Waals surface area contributed by atoms with E-state index in [1.807, 2.05) is 17.0 Å². The van der Waals surface area contributed by atoms with Crippen molar-refractivity contribution in [3.63, 3.8) is 0 Å². The first-order valence-corrected chi connectivity index (χ1v) is 9.06. The molecule has 0 aromatic carbocycles. The van der Waals surface area contributed by atoms with Crippen molar-refractivity contribution in [2.75, 3.05) is 39.3 Å². The number of hydrogen-bond donors (Lipinski definition) is 1. The Hall–Kier alpha value is -1.82. The Kier molecular flexibility index (Phi) is 5.91. The summed E-state index contributed by atoms with van der Waals surface area (Å²) in [6.07, 6.45) is 6.60. The van der Waals surface area contributed by atoms with Gasteiger partial charge < -0.3 is 19.9 Å². The Morgan fingerprint density at radius 2 is 2.00 bits per heavy atom. The van der Waals surface area contributed by atoms with Crippen LogP contribution in [0.15, 0.2) is 24.5 Å². The second kappa shape index (κ2) is 8.33. The number of piperidine rings is 1. The highest BCUT2D eigenvalue weighted by Crippen LogP contribution is 2.19. The number of carbonyl (C=O) groups is 1. The molecule has 2 fully saturated rings. The van der Waals surface area contributed by atoms with Crippen LogP contribution in [-0.2, 0) is 0 Å². The summed E-state index contributed by atoms with van der Waals surface area (Å²) >= 11 is 0. The molecular formula is C18H28N4O2. The average molecular weight is 332 g/mol. The van der Waals surface area contributed by atoms with Crippen molar-refractivity contribution in [2.45, 2.75) is 32.3 Å². The van der Waals surface area contributed by atoms with Gasteiger partial charge in [-0.3, -0.25) is 4.98 Å². The van der Waals surface area contributed by atoms with Crippen LogP contribution in [0.5, 0.6) is 5.75 Å². The minimum atomic E-state index is 0.0762. The maximum Gasteiger partial charge on any atom is 0.317 e. The molecule has 24 heavy (non-hydrogen) atoms. The minimum absolute atomic E-state index is 0.0762. The van der Waals surface area contributed by atoms with Gasteiger partial charge in [-0.2, -0.15) is 0 Å². The lowest BCUT2D eigenvalue weighted by Gasteiger charge is -2.32. The van der Waals surface area contributed by atoms with Crippen molar-refractivity contribution < 1.29 is 9.53 Å². The summed E-state index contributed by atoms with van der Waals surface area (Å²) in [5.41, 5.74) is 0. The zero-order valence-electron chi connectivity index (χ0n) is 14.5. The number of amides is 2. The van der Waals surface area contributed by atoms with Gasteiger partial charge in [-0.05, 0) is 37.6 Å². The molecule has 0 spiro atoms. The molecule has 1 atom stereocenters. The lowest BCUT2D eigenvalue weighted by molar-refractivity contribution is 0.110. The molecule has 0 unspecified atom stereocenters. The van der Waals surface area contributed by atoms with E-state index in [9.17, 15) is 4.79 Å². The van der Waals surface area contributed by atoms with Gasteiger partial charge in [-0.15, -0.1) is 0 Å². The van der Waals surface area contributed by atoms with Crippen molar-refractivity contribution in [3.05, 3.63) is 24.5 Å². The SMILES string of the molecule is CCN1CC[C@@H](CNC(=O)N2CCC(Oc3ccncc3)CC2)C1. The molecule has 2 amide bonds. The van der Waals surface area contributed by atoms with E-state index in [-0.39, 0.29) is 12.1 Å².